The second kappa shape index (κ2) is 10.2. The predicted molar refractivity (Wildman–Crippen MR) is 119 cm³/mol. The van der Waals surface area contributed by atoms with Crippen molar-refractivity contribution in [1.29, 1.82) is 0 Å². The largest absolute Gasteiger partial charge is 0.465 e. The van der Waals surface area contributed by atoms with Crippen molar-refractivity contribution in [3.05, 3.63) is 27.7 Å². The van der Waals surface area contributed by atoms with E-state index in [0.29, 0.717) is 11.6 Å². The number of anilines is 1. The maximum absolute atomic E-state index is 12.2. The molecule has 1 aromatic rings. The van der Waals surface area contributed by atoms with E-state index in [2.05, 4.69) is 39.1 Å². The number of carbonyl (C=O) groups excluding carboxylic acids is 1. The summed E-state index contributed by atoms with van der Waals surface area (Å²) in [4.78, 5) is 14.5. The molecule has 0 saturated heterocycles. The number of benzene rings is 1. The minimum atomic E-state index is -0.950. The Morgan fingerprint density at radius 1 is 1.31 bits per heavy atom. The third-order valence-corrected chi connectivity index (χ3v) is 5.84. The standard InChI is InChI=1S/C22H35BrN2O4/c1-7-25(19-13-15(23)12-18(14(19)2)20(26)28-6)17-10-8-16(9-11-17)24-21(27)29-22(3,4)5/h12-13,16-17,21,24,27H,7-11H2,1-6H3. The maximum Gasteiger partial charge on any atom is 0.338 e. The number of methoxy groups -OCH3 is 1. The molecule has 0 aliphatic heterocycles. The zero-order chi connectivity index (χ0) is 21.8. The molecule has 164 valence electrons. The minimum Gasteiger partial charge on any atom is -0.465 e. The van der Waals surface area contributed by atoms with Crippen molar-refractivity contribution in [1.82, 2.24) is 5.32 Å². The fourth-order valence-corrected chi connectivity index (χ4v) is 4.48. The highest BCUT2D eigenvalue weighted by Crippen LogP contribution is 2.34. The zero-order valence-electron chi connectivity index (χ0n) is 18.4. The Morgan fingerprint density at radius 3 is 2.45 bits per heavy atom. The van der Waals surface area contributed by atoms with Gasteiger partial charge in [-0.2, -0.15) is 0 Å². The first kappa shape index (κ1) is 24.1. The lowest BCUT2D eigenvalue weighted by Gasteiger charge is -2.39. The van der Waals surface area contributed by atoms with Gasteiger partial charge in [-0.15, -0.1) is 0 Å². The Balaban J connectivity index is 2.08. The number of carbonyl (C=O) groups is 1. The summed E-state index contributed by atoms with van der Waals surface area (Å²) in [7, 11) is 1.41. The molecule has 0 radical (unpaired) electrons. The molecule has 1 atom stereocenters. The van der Waals surface area contributed by atoms with Gasteiger partial charge in [-0.1, -0.05) is 15.9 Å². The summed E-state index contributed by atoms with van der Waals surface area (Å²) < 4.78 is 11.4. The van der Waals surface area contributed by atoms with Crippen LogP contribution in [0.25, 0.3) is 0 Å². The highest BCUT2D eigenvalue weighted by Gasteiger charge is 2.29. The normalized spacial score (nSPS) is 21.0. The van der Waals surface area contributed by atoms with Crippen LogP contribution in [-0.2, 0) is 9.47 Å². The number of ether oxygens (including phenoxy) is 2. The van der Waals surface area contributed by atoms with E-state index in [1.165, 1.54) is 7.11 Å². The van der Waals surface area contributed by atoms with E-state index in [9.17, 15) is 9.90 Å². The van der Waals surface area contributed by atoms with Crippen LogP contribution < -0.4 is 10.2 Å². The summed E-state index contributed by atoms with van der Waals surface area (Å²) in [6, 6.07) is 4.51. The summed E-state index contributed by atoms with van der Waals surface area (Å²) in [5, 5.41) is 13.3. The molecule has 1 saturated carbocycles. The van der Waals surface area contributed by atoms with E-state index in [4.69, 9.17) is 9.47 Å². The van der Waals surface area contributed by atoms with E-state index in [1.807, 2.05) is 33.8 Å². The average molecular weight is 471 g/mol. The fourth-order valence-electron chi connectivity index (χ4n) is 4.03. The van der Waals surface area contributed by atoms with Crippen LogP contribution in [0.1, 0.15) is 69.3 Å². The smallest absolute Gasteiger partial charge is 0.338 e. The first-order valence-corrected chi connectivity index (χ1v) is 11.1. The van der Waals surface area contributed by atoms with Crippen LogP contribution in [0.15, 0.2) is 16.6 Å². The number of rotatable bonds is 7. The second-order valence-corrected chi connectivity index (χ2v) is 9.55. The van der Waals surface area contributed by atoms with Gasteiger partial charge in [0, 0.05) is 28.8 Å². The van der Waals surface area contributed by atoms with Crippen molar-refractivity contribution in [2.75, 3.05) is 18.6 Å². The molecule has 1 unspecified atom stereocenters. The van der Waals surface area contributed by atoms with Gasteiger partial charge in [0.1, 0.15) is 0 Å². The molecule has 6 nitrogen and oxygen atoms in total. The van der Waals surface area contributed by atoms with Crippen LogP contribution in [0.4, 0.5) is 5.69 Å². The zero-order valence-corrected chi connectivity index (χ0v) is 20.0. The summed E-state index contributed by atoms with van der Waals surface area (Å²) in [6.45, 7) is 10.8. The monoisotopic (exact) mass is 470 g/mol. The van der Waals surface area contributed by atoms with Gasteiger partial charge in [-0.05, 0) is 78.0 Å². The lowest BCUT2D eigenvalue weighted by Crippen LogP contribution is -2.47. The van der Waals surface area contributed by atoms with Gasteiger partial charge in [0.05, 0.1) is 18.3 Å². The van der Waals surface area contributed by atoms with Gasteiger partial charge in [-0.3, -0.25) is 5.32 Å². The van der Waals surface area contributed by atoms with E-state index in [0.717, 1.165) is 48.0 Å². The van der Waals surface area contributed by atoms with Crippen molar-refractivity contribution in [2.45, 2.75) is 84.4 Å². The van der Waals surface area contributed by atoms with Crippen molar-refractivity contribution >= 4 is 27.6 Å². The molecule has 29 heavy (non-hydrogen) atoms. The summed E-state index contributed by atoms with van der Waals surface area (Å²) >= 11 is 3.54. The third kappa shape index (κ3) is 6.67. The van der Waals surface area contributed by atoms with Crippen LogP contribution in [0.5, 0.6) is 0 Å². The van der Waals surface area contributed by atoms with Gasteiger partial charge in [0.15, 0.2) is 0 Å². The van der Waals surface area contributed by atoms with Crippen LogP contribution >= 0.6 is 15.9 Å². The molecule has 0 spiro atoms. The number of hydrogen-bond donors (Lipinski definition) is 2. The van der Waals surface area contributed by atoms with Gasteiger partial charge >= 0.3 is 5.97 Å². The summed E-state index contributed by atoms with van der Waals surface area (Å²) in [5.74, 6) is -0.318. The number of nitrogens with one attached hydrogen (secondary N) is 1. The first-order valence-electron chi connectivity index (χ1n) is 10.3. The Bertz CT molecular complexity index is 697. The van der Waals surface area contributed by atoms with Gasteiger partial charge in [0.25, 0.3) is 0 Å². The molecular weight excluding hydrogens is 436 g/mol. The number of nitrogens with zero attached hydrogens (tertiary/aromatic N) is 1. The minimum absolute atomic E-state index is 0.233. The molecule has 0 bridgehead atoms. The van der Waals surface area contributed by atoms with E-state index in [1.54, 1.807) is 0 Å². The second-order valence-electron chi connectivity index (χ2n) is 8.63. The van der Waals surface area contributed by atoms with Crippen LogP contribution in [0.3, 0.4) is 0 Å². The van der Waals surface area contributed by atoms with E-state index < -0.39 is 12.0 Å². The van der Waals surface area contributed by atoms with E-state index >= 15 is 0 Å². The van der Waals surface area contributed by atoms with Gasteiger partial charge < -0.3 is 19.5 Å². The molecule has 7 heteroatoms. The molecule has 0 amide bonds. The van der Waals surface area contributed by atoms with E-state index in [-0.39, 0.29) is 12.0 Å². The Hall–Kier alpha value is -1.15. The van der Waals surface area contributed by atoms with Crippen molar-refractivity contribution < 1.29 is 19.4 Å². The van der Waals surface area contributed by atoms with Crippen LogP contribution in [0, 0.1) is 6.92 Å². The molecule has 2 rings (SSSR count). The number of esters is 1. The van der Waals surface area contributed by atoms with Crippen LogP contribution in [0.2, 0.25) is 0 Å². The summed E-state index contributed by atoms with van der Waals surface area (Å²) in [6.07, 6.45) is 2.99. The quantitative estimate of drug-likeness (QED) is 0.455. The predicted octanol–water partition coefficient (Wildman–Crippen LogP) is 4.36. The lowest BCUT2D eigenvalue weighted by molar-refractivity contribution is -0.186. The topological polar surface area (TPSA) is 71.0 Å². The Morgan fingerprint density at radius 2 is 1.93 bits per heavy atom. The molecule has 0 heterocycles. The molecular formula is C22H35BrN2O4. The number of hydrogen-bond acceptors (Lipinski definition) is 6. The Labute approximate surface area is 183 Å². The molecule has 2 N–H and O–H groups in total. The van der Waals surface area contributed by atoms with Crippen molar-refractivity contribution in [3.63, 3.8) is 0 Å². The molecule has 1 aliphatic carbocycles. The number of halogens is 1. The lowest BCUT2D eigenvalue weighted by atomic mass is 9.89. The van der Waals surface area contributed by atoms with Crippen molar-refractivity contribution in [2.24, 2.45) is 0 Å². The van der Waals surface area contributed by atoms with Crippen molar-refractivity contribution in [3.8, 4) is 0 Å². The fraction of sp³-hybridized carbons (Fsp3) is 0.682. The number of aliphatic hydroxyl groups excluding tert-OH is 1. The molecule has 0 aromatic heterocycles. The third-order valence-electron chi connectivity index (χ3n) is 5.38. The SMILES string of the molecule is CCN(c1cc(Br)cc(C(=O)OC)c1C)C1CCC(NC(O)OC(C)(C)C)CC1. The molecule has 1 aromatic carbocycles. The van der Waals surface area contributed by atoms with Crippen LogP contribution in [-0.4, -0.2) is 48.8 Å². The highest BCUT2D eigenvalue weighted by atomic mass is 79.9. The summed E-state index contributed by atoms with van der Waals surface area (Å²) in [5.41, 5.74) is 2.21. The maximum atomic E-state index is 12.2. The average Bonchev–Trinajstić information content (AvgIpc) is 2.63. The van der Waals surface area contributed by atoms with Gasteiger partial charge in [-0.25, -0.2) is 4.79 Å². The first-order chi connectivity index (χ1) is 13.6. The van der Waals surface area contributed by atoms with Gasteiger partial charge in [0.2, 0.25) is 6.41 Å². The molecule has 1 aliphatic rings. The highest BCUT2D eigenvalue weighted by molar-refractivity contribution is 9.10. The Kier molecular flexibility index (Phi) is 8.52. The molecule has 1 fully saturated rings. The number of aliphatic hydroxyl groups is 1.